The Morgan fingerprint density at radius 1 is 1.29 bits per heavy atom. The van der Waals surface area contributed by atoms with Gasteiger partial charge >= 0.3 is 0 Å². The molecule has 0 spiro atoms. The van der Waals surface area contributed by atoms with Crippen molar-refractivity contribution in [3.63, 3.8) is 0 Å². The fourth-order valence-electron chi connectivity index (χ4n) is 2.26. The van der Waals surface area contributed by atoms with Gasteiger partial charge in [-0.1, -0.05) is 28.4 Å². The number of piperazine rings is 1. The number of benzene rings is 1. The van der Waals surface area contributed by atoms with Gasteiger partial charge in [0.2, 0.25) is 0 Å². The Balaban J connectivity index is 0.00000161. The smallest absolute Gasteiger partial charge is 0.258 e. The zero-order chi connectivity index (χ0) is 14.1. The number of likely N-dealkylation sites (N-methyl/N-ethyl adjacent to an activating group) is 1. The SMILES string of the molecule is CN1CCNCC1c1noc(-c2cc(Cl)cc(Cl)c2)n1.Cl. The number of rotatable bonds is 2. The number of halogens is 3. The maximum atomic E-state index is 5.99. The Kier molecular flexibility index (Phi) is 5.46. The predicted octanol–water partition coefficient (Wildman–Crippen LogP) is 3.04. The fourth-order valence-corrected chi connectivity index (χ4v) is 2.79. The van der Waals surface area contributed by atoms with Crippen molar-refractivity contribution in [2.45, 2.75) is 6.04 Å². The van der Waals surface area contributed by atoms with Crippen LogP contribution in [-0.4, -0.2) is 41.7 Å². The van der Waals surface area contributed by atoms with E-state index in [9.17, 15) is 0 Å². The first kappa shape index (κ1) is 16.5. The first-order valence-electron chi connectivity index (χ1n) is 6.34. The lowest BCUT2D eigenvalue weighted by atomic mass is 10.2. The molecule has 2 aromatic rings. The van der Waals surface area contributed by atoms with Crippen LogP contribution in [0.5, 0.6) is 0 Å². The van der Waals surface area contributed by atoms with Crippen LogP contribution in [0, 0.1) is 0 Å². The third-order valence-electron chi connectivity index (χ3n) is 3.36. The van der Waals surface area contributed by atoms with E-state index in [1.807, 2.05) is 0 Å². The van der Waals surface area contributed by atoms with Crippen molar-refractivity contribution in [1.29, 1.82) is 0 Å². The normalized spacial score (nSPS) is 19.3. The molecule has 1 aromatic heterocycles. The molecule has 1 aliphatic rings. The maximum Gasteiger partial charge on any atom is 0.258 e. The molecule has 8 heteroatoms. The first-order valence-corrected chi connectivity index (χ1v) is 7.10. The molecule has 1 aromatic carbocycles. The van der Waals surface area contributed by atoms with E-state index in [0.717, 1.165) is 25.2 Å². The van der Waals surface area contributed by atoms with E-state index in [1.165, 1.54) is 0 Å². The minimum Gasteiger partial charge on any atom is -0.334 e. The zero-order valence-electron chi connectivity index (χ0n) is 11.3. The standard InChI is InChI=1S/C13H14Cl2N4O.ClH/c1-19-3-2-16-7-11(19)12-17-13(20-18-12)8-4-9(14)6-10(15)5-8;/h4-6,11,16H,2-3,7H2,1H3;1H. The molecule has 114 valence electrons. The Bertz CT molecular complexity index is 599. The third kappa shape index (κ3) is 3.67. The second-order valence-electron chi connectivity index (χ2n) is 4.82. The van der Waals surface area contributed by atoms with Gasteiger partial charge in [0, 0.05) is 35.2 Å². The molecule has 0 saturated carbocycles. The van der Waals surface area contributed by atoms with Crippen LogP contribution in [0.1, 0.15) is 11.9 Å². The Morgan fingerprint density at radius 3 is 2.67 bits per heavy atom. The van der Waals surface area contributed by atoms with E-state index in [-0.39, 0.29) is 18.4 Å². The van der Waals surface area contributed by atoms with Gasteiger partial charge in [-0.3, -0.25) is 4.90 Å². The quantitative estimate of drug-likeness (QED) is 0.903. The van der Waals surface area contributed by atoms with E-state index in [1.54, 1.807) is 18.2 Å². The summed E-state index contributed by atoms with van der Waals surface area (Å²) in [4.78, 5) is 6.66. The van der Waals surface area contributed by atoms with Crippen LogP contribution in [0.3, 0.4) is 0 Å². The molecular formula is C13H15Cl3N4O. The summed E-state index contributed by atoms with van der Waals surface area (Å²) in [6, 6.07) is 5.31. The minimum atomic E-state index is 0. The van der Waals surface area contributed by atoms with Crippen LogP contribution in [0.4, 0.5) is 0 Å². The highest BCUT2D eigenvalue weighted by molar-refractivity contribution is 6.35. The van der Waals surface area contributed by atoms with Gasteiger partial charge in [-0.05, 0) is 25.2 Å². The van der Waals surface area contributed by atoms with Gasteiger partial charge in [-0.25, -0.2) is 0 Å². The summed E-state index contributed by atoms with van der Waals surface area (Å²) < 4.78 is 5.33. The average Bonchev–Trinajstić information content (AvgIpc) is 2.87. The van der Waals surface area contributed by atoms with Crippen LogP contribution in [-0.2, 0) is 0 Å². The van der Waals surface area contributed by atoms with Crippen molar-refractivity contribution in [3.05, 3.63) is 34.1 Å². The summed E-state index contributed by atoms with van der Waals surface area (Å²) in [6.45, 7) is 2.74. The third-order valence-corrected chi connectivity index (χ3v) is 3.80. The molecule has 1 N–H and O–H groups in total. The summed E-state index contributed by atoms with van der Waals surface area (Å²) in [5, 5.41) is 8.49. The highest BCUT2D eigenvalue weighted by Crippen LogP contribution is 2.27. The summed E-state index contributed by atoms with van der Waals surface area (Å²) >= 11 is 12.0. The number of aromatic nitrogens is 2. The molecule has 2 heterocycles. The van der Waals surface area contributed by atoms with Crippen LogP contribution >= 0.6 is 35.6 Å². The molecule has 0 radical (unpaired) electrons. The Labute approximate surface area is 139 Å². The zero-order valence-corrected chi connectivity index (χ0v) is 13.7. The maximum absolute atomic E-state index is 5.99. The van der Waals surface area contributed by atoms with E-state index in [2.05, 4.69) is 27.4 Å². The number of hydrogen-bond donors (Lipinski definition) is 1. The van der Waals surface area contributed by atoms with Crippen LogP contribution in [0.2, 0.25) is 10.0 Å². The molecule has 1 saturated heterocycles. The van der Waals surface area contributed by atoms with Gasteiger partial charge in [0.05, 0.1) is 6.04 Å². The lowest BCUT2D eigenvalue weighted by Crippen LogP contribution is -2.44. The van der Waals surface area contributed by atoms with Gasteiger partial charge in [-0.15, -0.1) is 12.4 Å². The van der Waals surface area contributed by atoms with Crippen molar-refractivity contribution < 1.29 is 4.52 Å². The van der Waals surface area contributed by atoms with Gasteiger partial charge in [0.25, 0.3) is 5.89 Å². The Morgan fingerprint density at radius 2 is 2.00 bits per heavy atom. The van der Waals surface area contributed by atoms with Gasteiger partial charge in [0.15, 0.2) is 5.82 Å². The van der Waals surface area contributed by atoms with Gasteiger partial charge in [-0.2, -0.15) is 4.98 Å². The van der Waals surface area contributed by atoms with E-state index >= 15 is 0 Å². The molecule has 3 rings (SSSR count). The van der Waals surface area contributed by atoms with E-state index < -0.39 is 0 Å². The second-order valence-corrected chi connectivity index (χ2v) is 5.69. The summed E-state index contributed by atoms with van der Waals surface area (Å²) in [5.74, 6) is 1.11. The highest BCUT2D eigenvalue weighted by Gasteiger charge is 2.25. The molecule has 0 amide bonds. The van der Waals surface area contributed by atoms with Crippen molar-refractivity contribution in [2.24, 2.45) is 0 Å². The summed E-state index contributed by atoms with van der Waals surface area (Å²) in [5.41, 5.74) is 0.729. The van der Waals surface area contributed by atoms with Crippen molar-refractivity contribution >= 4 is 35.6 Å². The van der Waals surface area contributed by atoms with E-state index in [4.69, 9.17) is 27.7 Å². The molecule has 1 atom stereocenters. The molecule has 21 heavy (non-hydrogen) atoms. The van der Waals surface area contributed by atoms with Gasteiger partial charge in [0.1, 0.15) is 0 Å². The number of hydrogen-bond acceptors (Lipinski definition) is 5. The number of nitrogens with one attached hydrogen (secondary N) is 1. The molecular weight excluding hydrogens is 335 g/mol. The van der Waals surface area contributed by atoms with E-state index in [0.29, 0.717) is 21.8 Å². The van der Waals surface area contributed by atoms with Crippen molar-refractivity contribution in [3.8, 4) is 11.5 Å². The molecule has 5 nitrogen and oxygen atoms in total. The summed E-state index contributed by atoms with van der Waals surface area (Å²) in [7, 11) is 2.05. The molecule has 1 fully saturated rings. The average molecular weight is 350 g/mol. The largest absolute Gasteiger partial charge is 0.334 e. The van der Waals surface area contributed by atoms with Crippen LogP contribution < -0.4 is 5.32 Å². The second kappa shape index (κ2) is 6.94. The first-order chi connectivity index (χ1) is 9.63. The predicted molar refractivity (Wildman–Crippen MR) is 85.2 cm³/mol. The van der Waals surface area contributed by atoms with Crippen molar-refractivity contribution in [1.82, 2.24) is 20.4 Å². The highest BCUT2D eigenvalue weighted by atomic mass is 35.5. The minimum absolute atomic E-state index is 0. The van der Waals surface area contributed by atoms with Crippen molar-refractivity contribution in [2.75, 3.05) is 26.7 Å². The monoisotopic (exact) mass is 348 g/mol. The molecule has 1 aliphatic heterocycles. The fraction of sp³-hybridized carbons (Fsp3) is 0.385. The molecule has 0 bridgehead atoms. The lowest BCUT2D eigenvalue weighted by Gasteiger charge is -2.30. The molecule has 0 aliphatic carbocycles. The van der Waals surface area contributed by atoms with Crippen LogP contribution in [0.15, 0.2) is 22.7 Å². The molecule has 1 unspecified atom stereocenters. The Hall–Kier alpha value is -0.850. The summed E-state index contributed by atoms with van der Waals surface area (Å²) in [6.07, 6.45) is 0. The van der Waals surface area contributed by atoms with Gasteiger partial charge < -0.3 is 9.84 Å². The number of nitrogens with zero attached hydrogens (tertiary/aromatic N) is 3. The topological polar surface area (TPSA) is 54.2 Å². The van der Waals surface area contributed by atoms with Crippen LogP contribution in [0.25, 0.3) is 11.5 Å². The lowest BCUT2D eigenvalue weighted by molar-refractivity contribution is 0.190.